The lowest BCUT2D eigenvalue weighted by atomic mass is 10.1. The molecule has 0 amide bonds. The van der Waals surface area contributed by atoms with E-state index in [1.807, 2.05) is 37.3 Å². The van der Waals surface area contributed by atoms with Gasteiger partial charge in [-0.15, -0.1) is 10.2 Å². The smallest absolute Gasteiger partial charge is 0.246 e. The minimum Gasteiger partial charge on any atom is -0.460 e. The first-order valence-corrected chi connectivity index (χ1v) is 10.1. The fourth-order valence-corrected chi connectivity index (χ4v) is 3.78. The number of morpholine rings is 1. The molecule has 1 saturated heterocycles. The SMILES string of the molecule is C[C@H](c1cc2ccccc2o1)c1nnc([C@@H]2CN(S(C)(=O)=O)CCO2)o1. The summed E-state index contributed by atoms with van der Waals surface area (Å²) in [5, 5.41) is 9.16. The molecule has 1 aliphatic rings. The quantitative estimate of drug-likeness (QED) is 0.688. The zero-order chi connectivity index (χ0) is 18.3. The number of sulfonamides is 1. The van der Waals surface area contributed by atoms with Gasteiger partial charge in [0.2, 0.25) is 21.8 Å². The Morgan fingerprint density at radius 2 is 2.04 bits per heavy atom. The molecule has 8 nitrogen and oxygen atoms in total. The van der Waals surface area contributed by atoms with Crippen molar-refractivity contribution in [3.05, 3.63) is 47.9 Å². The van der Waals surface area contributed by atoms with Crippen molar-refractivity contribution in [1.29, 1.82) is 0 Å². The van der Waals surface area contributed by atoms with Crippen molar-refractivity contribution in [2.75, 3.05) is 26.0 Å². The van der Waals surface area contributed by atoms with E-state index in [9.17, 15) is 8.42 Å². The molecule has 138 valence electrons. The van der Waals surface area contributed by atoms with Gasteiger partial charge in [0.15, 0.2) is 0 Å². The second-order valence-corrected chi connectivity index (χ2v) is 8.35. The number of ether oxygens (including phenoxy) is 1. The van der Waals surface area contributed by atoms with Gasteiger partial charge in [0.1, 0.15) is 17.4 Å². The van der Waals surface area contributed by atoms with Gasteiger partial charge >= 0.3 is 0 Å². The maximum absolute atomic E-state index is 11.7. The molecule has 0 saturated carbocycles. The van der Waals surface area contributed by atoms with Crippen LogP contribution in [0.3, 0.4) is 0 Å². The van der Waals surface area contributed by atoms with Crippen LogP contribution in [-0.2, 0) is 14.8 Å². The summed E-state index contributed by atoms with van der Waals surface area (Å²) in [5.41, 5.74) is 0.800. The molecular formula is C17H19N3O5S. The van der Waals surface area contributed by atoms with Crippen LogP contribution >= 0.6 is 0 Å². The van der Waals surface area contributed by atoms with Crippen LogP contribution in [0.1, 0.15) is 36.5 Å². The highest BCUT2D eigenvalue weighted by molar-refractivity contribution is 7.88. The van der Waals surface area contributed by atoms with E-state index in [0.29, 0.717) is 12.4 Å². The Bertz CT molecular complexity index is 993. The molecule has 2 aromatic heterocycles. The molecule has 2 atom stereocenters. The molecule has 1 aliphatic heterocycles. The van der Waals surface area contributed by atoms with Gasteiger partial charge in [-0.1, -0.05) is 18.2 Å². The molecule has 4 rings (SSSR count). The van der Waals surface area contributed by atoms with Gasteiger partial charge in [0.05, 0.1) is 18.8 Å². The number of hydrogen-bond acceptors (Lipinski definition) is 7. The van der Waals surface area contributed by atoms with Crippen molar-refractivity contribution in [3.8, 4) is 0 Å². The molecule has 0 aliphatic carbocycles. The van der Waals surface area contributed by atoms with E-state index in [2.05, 4.69) is 10.2 Å². The average Bonchev–Trinajstić information content (AvgIpc) is 3.27. The summed E-state index contributed by atoms with van der Waals surface area (Å²) < 4.78 is 42.1. The van der Waals surface area contributed by atoms with E-state index in [4.69, 9.17) is 13.6 Å². The molecule has 3 aromatic rings. The Kier molecular flexibility index (Phi) is 4.29. The third-order valence-corrected chi connectivity index (χ3v) is 5.74. The third kappa shape index (κ3) is 3.25. The maximum Gasteiger partial charge on any atom is 0.246 e. The minimum absolute atomic E-state index is 0.166. The third-order valence-electron chi connectivity index (χ3n) is 4.47. The van der Waals surface area contributed by atoms with Crippen LogP contribution in [0.2, 0.25) is 0 Å². The lowest BCUT2D eigenvalue weighted by molar-refractivity contribution is -0.0177. The normalized spacial score (nSPS) is 20.5. The summed E-state index contributed by atoms with van der Waals surface area (Å²) in [6, 6.07) is 9.70. The topological polar surface area (TPSA) is 98.7 Å². The molecule has 9 heteroatoms. The van der Waals surface area contributed by atoms with E-state index >= 15 is 0 Å². The highest BCUT2D eigenvalue weighted by Gasteiger charge is 2.31. The molecule has 0 bridgehead atoms. The lowest BCUT2D eigenvalue weighted by Crippen LogP contribution is -2.41. The first-order valence-electron chi connectivity index (χ1n) is 8.30. The Morgan fingerprint density at radius 1 is 1.23 bits per heavy atom. The van der Waals surface area contributed by atoms with Crippen LogP contribution in [-0.4, -0.2) is 48.9 Å². The lowest BCUT2D eigenvalue weighted by Gasteiger charge is -2.29. The summed E-state index contributed by atoms with van der Waals surface area (Å²) in [6.07, 6.45) is 0.612. The minimum atomic E-state index is -3.29. The zero-order valence-corrected chi connectivity index (χ0v) is 15.3. The van der Waals surface area contributed by atoms with Gasteiger partial charge in [0, 0.05) is 18.5 Å². The van der Waals surface area contributed by atoms with E-state index in [1.165, 1.54) is 10.6 Å². The molecule has 0 radical (unpaired) electrons. The van der Waals surface area contributed by atoms with Gasteiger partial charge < -0.3 is 13.6 Å². The summed E-state index contributed by atoms with van der Waals surface area (Å²) in [4.78, 5) is 0. The summed E-state index contributed by atoms with van der Waals surface area (Å²) in [7, 11) is -3.29. The summed E-state index contributed by atoms with van der Waals surface area (Å²) >= 11 is 0. The van der Waals surface area contributed by atoms with E-state index in [1.54, 1.807) is 0 Å². The number of rotatable bonds is 4. The van der Waals surface area contributed by atoms with Crippen LogP contribution < -0.4 is 0 Å². The van der Waals surface area contributed by atoms with Gasteiger partial charge in [-0.25, -0.2) is 8.42 Å². The number of aromatic nitrogens is 2. The van der Waals surface area contributed by atoms with Gasteiger partial charge in [-0.05, 0) is 19.1 Å². The van der Waals surface area contributed by atoms with Crippen molar-refractivity contribution in [2.24, 2.45) is 0 Å². The summed E-state index contributed by atoms with van der Waals surface area (Å²) in [6.45, 7) is 2.69. The number of para-hydroxylation sites is 1. The average molecular weight is 377 g/mol. The fraction of sp³-hybridized carbons (Fsp3) is 0.412. The number of furan rings is 1. The van der Waals surface area contributed by atoms with Crippen LogP contribution in [0.5, 0.6) is 0 Å². The highest BCUT2D eigenvalue weighted by atomic mass is 32.2. The number of benzene rings is 1. The van der Waals surface area contributed by atoms with Crippen molar-refractivity contribution in [1.82, 2.24) is 14.5 Å². The van der Waals surface area contributed by atoms with Crippen LogP contribution in [0.25, 0.3) is 11.0 Å². The number of nitrogens with zero attached hydrogens (tertiary/aromatic N) is 3. The van der Waals surface area contributed by atoms with Gasteiger partial charge in [-0.3, -0.25) is 0 Å². The monoisotopic (exact) mass is 377 g/mol. The molecule has 0 spiro atoms. The largest absolute Gasteiger partial charge is 0.460 e. The molecule has 1 fully saturated rings. The molecule has 1 aromatic carbocycles. The first kappa shape index (κ1) is 17.2. The van der Waals surface area contributed by atoms with E-state index in [-0.39, 0.29) is 25.0 Å². The predicted octanol–water partition coefficient (Wildman–Crippen LogP) is 2.30. The molecule has 3 heterocycles. The van der Waals surface area contributed by atoms with Crippen molar-refractivity contribution >= 4 is 21.0 Å². The predicted molar refractivity (Wildman–Crippen MR) is 93.1 cm³/mol. The van der Waals surface area contributed by atoms with Crippen LogP contribution in [0.15, 0.2) is 39.2 Å². The Morgan fingerprint density at radius 3 is 2.81 bits per heavy atom. The number of hydrogen-bond donors (Lipinski definition) is 0. The number of fused-ring (bicyclic) bond motifs is 1. The highest BCUT2D eigenvalue weighted by Crippen LogP contribution is 2.30. The Labute approximate surface area is 150 Å². The zero-order valence-electron chi connectivity index (χ0n) is 14.5. The second kappa shape index (κ2) is 6.49. The fourth-order valence-electron chi connectivity index (χ4n) is 2.97. The van der Waals surface area contributed by atoms with Crippen molar-refractivity contribution in [3.63, 3.8) is 0 Å². The van der Waals surface area contributed by atoms with E-state index < -0.39 is 16.1 Å². The van der Waals surface area contributed by atoms with Crippen LogP contribution in [0.4, 0.5) is 0 Å². The molecular weight excluding hydrogens is 358 g/mol. The molecule has 0 N–H and O–H groups in total. The summed E-state index contributed by atoms with van der Waals surface area (Å²) in [5.74, 6) is 1.18. The molecule has 0 unspecified atom stereocenters. The van der Waals surface area contributed by atoms with Crippen molar-refractivity contribution in [2.45, 2.75) is 18.9 Å². The standard InChI is InChI=1S/C17H19N3O5S/c1-11(14-9-12-5-3-4-6-13(12)24-14)16-18-19-17(25-16)15-10-20(7-8-23-15)26(2,21)22/h3-6,9,11,15H,7-8,10H2,1-2H3/t11-,15+/m1/s1. The second-order valence-electron chi connectivity index (χ2n) is 6.37. The first-order chi connectivity index (χ1) is 12.4. The van der Waals surface area contributed by atoms with Crippen LogP contribution in [0, 0.1) is 0 Å². The van der Waals surface area contributed by atoms with Gasteiger partial charge in [0.25, 0.3) is 0 Å². The van der Waals surface area contributed by atoms with E-state index in [0.717, 1.165) is 16.7 Å². The Hall–Kier alpha value is -2.23. The molecule has 26 heavy (non-hydrogen) atoms. The van der Waals surface area contributed by atoms with Gasteiger partial charge in [-0.2, -0.15) is 4.31 Å². The van der Waals surface area contributed by atoms with Crippen molar-refractivity contribution < 1.29 is 22.0 Å². The maximum atomic E-state index is 11.7. The Balaban J connectivity index is 1.55.